The second-order valence-corrected chi connectivity index (χ2v) is 6.95. The highest BCUT2D eigenvalue weighted by Gasteiger charge is 2.27. The monoisotopic (exact) mass is 245 g/mol. The zero-order valence-electron chi connectivity index (χ0n) is 9.57. The Hall–Kier alpha value is -0.780. The molecule has 2 aliphatic rings. The van der Waals surface area contributed by atoms with Crippen LogP contribution in [-0.2, 0) is 9.84 Å². The Morgan fingerprint density at radius 3 is 2.81 bits per heavy atom. The van der Waals surface area contributed by atoms with Crippen LogP contribution in [0.15, 0.2) is 4.99 Å². The molecule has 1 aliphatic carbocycles. The Bertz CT molecular complexity index is 374. The molecule has 92 valence electrons. The van der Waals surface area contributed by atoms with E-state index in [0.717, 1.165) is 25.3 Å². The summed E-state index contributed by atoms with van der Waals surface area (Å²) in [4.78, 5) is 4.21. The molecule has 0 aromatic heterocycles. The van der Waals surface area contributed by atoms with Gasteiger partial charge in [-0.3, -0.25) is 4.99 Å². The van der Waals surface area contributed by atoms with Gasteiger partial charge in [-0.25, -0.2) is 8.42 Å². The van der Waals surface area contributed by atoms with Crippen LogP contribution in [0.5, 0.6) is 0 Å². The van der Waals surface area contributed by atoms with Crippen LogP contribution in [0.4, 0.5) is 0 Å². The molecule has 1 atom stereocenters. The molecule has 2 rings (SSSR count). The summed E-state index contributed by atoms with van der Waals surface area (Å²) in [7, 11) is -2.87. The van der Waals surface area contributed by atoms with E-state index in [2.05, 4.69) is 15.6 Å². The van der Waals surface area contributed by atoms with Gasteiger partial charge in [0, 0.05) is 12.6 Å². The van der Waals surface area contributed by atoms with E-state index in [1.165, 1.54) is 0 Å². The van der Waals surface area contributed by atoms with Crippen LogP contribution >= 0.6 is 0 Å². The minimum atomic E-state index is -2.87. The quantitative estimate of drug-likeness (QED) is 0.700. The summed E-state index contributed by atoms with van der Waals surface area (Å²) in [6, 6.07) is 0.352. The topological polar surface area (TPSA) is 70.6 Å². The number of rotatable bonds is 5. The lowest BCUT2D eigenvalue weighted by molar-refractivity contribution is 0.591. The molecular formula is C10H19N3O2S. The number of guanidine groups is 1. The average Bonchev–Trinajstić information content (AvgIpc) is 2.87. The number of aliphatic imine (C=N–C) groups is 1. The first-order valence-corrected chi connectivity index (χ1v) is 7.62. The summed E-state index contributed by atoms with van der Waals surface area (Å²) in [5, 5.41) is 6.16. The van der Waals surface area contributed by atoms with E-state index in [1.54, 1.807) is 0 Å². The van der Waals surface area contributed by atoms with Crippen LogP contribution < -0.4 is 10.6 Å². The van der Waals surface area contributed by atoms with Crippen molar-refractivity contribution in [2.75, 3.05) is 24.6 Å². The highest BCUT2D eigenvalue weighted by molar-refractivity contribution is 7.91. The van der Waals surface area contributed by atoms with Crippen LogP contribution in [-0.4, -0.2) is 45.0 Å². The number of sulfone groups is 1. The van der Waals surface area contributed by atoms with Crippen molar-refractivity contribution in [1.82, 2.24) is 10.6 Å². The predicted molar refractivity (Wildman–Crippen MR) is 64.3 cm³/mol. The molecule has 0 radical (unpaired) electrons. The van der Waals surface area contributed by atoms with E-state index in [1.807, 2.05) is 6.92 Å². The summed E-state index contributed by atoms with van der Waals surface area (Å²) >= 11 is 0. The number of nitrogens with one attached hydrogen (secondary N) is 2. The first-order chi connectivity index (χ1) is 7.55. The van der Waals surface area contributed by atoms with Gasteiger partial charge < -0.3 is 10.6 Å². The third kappa shape index (κ3) is 3.66. The minimum Gasteiger partial charge on any atom is -0.355 e. The van der Waals surface area contributed by atoms with Crippen molar-refractivity contribution in [3.63, 3.8) is 0 Å². The van der Waals surface area contributed by atoms with Crippen molar-refractivity contribution in [3.8, 4) is 0 Å². The van der Waals surface area contributed by atoms with Gasteiger partial charge in [0.25, 0.3) is 0 Å². The van der Waals surface area contributed by atoms with E-state index in [0.29, 0.717) is 24.3 Å². The van der Waals surface area contributed by atoms with Crippen LogP contribution in [0.25, 0.3) is 0 Å². The molecule has 6 heteroatoms. The van der Waals surface area contributed by atoms with Gasteiger partial charge in [0.05, 0.1) is 18.1 Å². The van der Waals surface area contributed by atoms with E-state index in [9.17, 15) is 8.42 Å². The van der Waals surface area contributed by atoms with Crippen molar-refractivity contribution in [1.29, 1.82) is 0 Å². The molecule has 0 amide bonds. The lowest BCUT2D eigenvalue weighted by atomic mass is 10.4. The summed E-state index contributed by atoms with van der Waals surface area (Å²) in [5.74, 6) is 1.74. The highest BCUT2D eigenvalue weighted by atomic mass is 32.2. The standard InChI is InChI=1S/C10H19N3O2S/c1-8-6-12-10(13-8)11-4-5-16(14,15)7-9-2-3-9/h8-9H,2-7H2,1H3,(H2,11,12,13). The molecular weight excluding hydrogens is 226 g/mol. The smallest absolute Gasteiger partial charge is 0.191 e. The molecule has 0 bridgehead atoms. The molecule has 16 heavy (non-hydrogen) atoms. The van der Waals surface area contributed by atoms with E-state index in [4.69, 9.17) is 0 Å². The summed E-state index contributed by atoms with van der Waals surface area (Å²) in [6.07, 6.45) is 2.16. The SMILES string of the molecule is CC1CN=C(NCCS(=O)(=O)CC2CC2)N1. The largest absolute Gasteiger partial charge is 0.355 e. The zero-order chi connectivity index (χ0) is 11.6. The van der Waals surface area contributed by atoms with Crippen LogP contribution in [0.3, 0.4) is 0 Å². The van der Waals surface area contributed by atoms with Crippen molar-refractivity contribution in [2.24, 2.45) is 10.9 Å². The maximum absolute atomic E-state index is 11.6. The van der Waals surface area contributed by atoms with Crippen molar-refractivity contribution < 1.29 is 8.42 Å². The zero-order valence-corrected chi connectivity index (χ0v) is 10.4. The van der Waals surface area contributed by atoms with E-state index >= 15 is 0 Å². The molecule has 0 spiro atoms. The van der Waals surface area contributed by atoms with Gasteiger partial charge in [-0.2, -0.15) is 0 Å². The molecule has 0 aromatic rings. The van der Waals surface area contributed by atoms with Gasteiger partial charge in [-0.05, 0) is 25.7 Å². The van der Waals surface area contributed by atoms with Gasteiger partial charge in [0.1, 0.15) is 0 Å². The summed E-state index contributed by atoms with van der Waals surface area (Å²) in [5.41, 5.74) is 0. The number of nitrogens with zero attached hydrogens (tertiary/aromatic N) is 1. The first-order valence-electron chi connectivity index (χ1n) is 5.80. The predicted octanol–water partition coefficient (Wildman–Crippen LogP) is -0.251. The first kappa shape index (κ1) is 11.7. The van der Waals surface area contributed by atoms with Crippen molar-refractivity contribution in [2.45, 2.75) is 25.8 Å². The number of hydrogen-bond acceptors (Lipinski definition) is 5. The second-order valence-electron chi connectivity index (χ2n) is 4.72. The maximum Gasteiger partial charge on any atom is 0.191 e. The Kier molecular flexibility index (Phi) is 3.37. The number of hydrogen-bond donors (Lipinski definition) is 2. The van der Waals surface area contributed by atoms with Crippen molar-refractivity contribution in [3.05, 3.63) is 0 Å². The molecule has 1 saturated carbocycles. The van der Waals surface area contributed by atoms with Gasteiger partial charge >= 0.3 is 0 Å². The van der Waals surface area contributed by atoms with Gasteiger partial charge in [-0.15, -0.1) is 0 Å². The normalized spacial score (nSPS) is 25.1. The van der Waals surface area contributed by atoms with Crippen LogP contribution in [0.2, 0.25) is 0 Å². The maximum atomic E-state index is 11.6. The van der Waals surface area contributed by atoms with Gasteiger partial charge in [0.15, 0.2) is 15.8 Å². The molecule has 1 fully saturated rings. The molecule has 1 unspecified atom stereocenters. The fourth-order valence-electron chi connectivity index (χ4n) is 1.71. The minimum absolute atomic E-state index is 0.207. The van der Waals surface area contributed by atoms with E-state index in [-0.39, 0.29) is 5.75 Å². The second kappa shape index (κ2) is 4.61. The lowest BCUT2D eigenvalue weighted by Gasteiger charge is -2.08. The Morgan fingerprint density at radius 1 is 1.50 bits per heavy atom. The van der Waals surface area contributed by atoms with Gasteiger partial charge in [0.2, 0.25) is 0 Å². The fraction of sp³-hybridized carbons (Fsp3) is 0.900. The third-order valence-electron chi connectivity index (χ3n) is 2.80. The summed E-state index contributed by atoms with van der Waals surface area (Å²) < 4.78 is 23.2. The lowest BCUT2D eigenvalue weighted by Crippen LogP contribution is -2.39. The molecule has 2 N–H and O–H groups in total. The molecule has 5 nitrogen and oxygen atoms in total. The van der Waals surface area contributed by atoms with E-state index < -0.39 is 9.84 Å². The summed E-state index contributed by atoms with van der Waals surface area (Å²) in [6.45, 7) is 3.26. The fourth-order valence-corrected chi connectivity index (χ4v) is 3.34. The Morgan fingerprint density at radius 2 is 2.25 bits per heavy atom. The van der Waals surface area contributed by atoms with Gasteiger partial charge in [-0.1, -0.05) is 0 Å². The Balaban J connectivity index is 1.67. The van der Waals surface area contributed by atoms with Crippen LogP contribution in [0.1, 0.15) is 19.8 Å². The molecule has 0 aromatic carbocycles. The Labute approximate surface area is 96.6 Å². The van der Waals surface area contributed by atoms with Crippen molar-refractivity contribution >= 4 is 15.8 Å². The highest BCUT2D eigenvalue weighted by Crippen LogP contribution is 2.30. The molecule has 1 heterocycles. The molecule has 1 aliphatic heterocycles. The molecule has 0 saturated heterocycles. The third-order valence-corrected chi connectivity index (χ3v) is 4.60. The van der Waals surface area contributed by atoms with Crippen LogP contribution in [0, 0.1) is 5.92 Å². The average molecular weight is 245 g/mol.